The van der Waals surface area contributed by atoms with Gasteiger partial charge in [-0.3, -0.25) is 14.5 Å². The molecule has 2 saturated heterocycles. The number of likely N-dealkylation sites (N-methyl/N-ethyl adjacent to an activating group) is 1. The van der Waals surface area contributed by atoms with Gasteiger partial charge in [0.1, 0.15) is 5.75 Å². The minimum atomic E-state index is -3.72. The molecule has 1 aromatic heterocycles. The van der Waals surface area contributed by atoms with Crippen LogP contribution in [0.1, 0.15) is 116 Å². The van der Waals surface area contributed by atoms with E-state index in [9.17, 15) is 13.2 Å². The standard InChI is InChI=1S/C48H59N5O5S/c1-50(2)22-23-51(29-31-10-6-4-7-11-31)36-25-34-15-16-35(26-36)53(34)47(55)48-28-42(48)41-27-37(58-3)17-21-39(41)45-44(32-12-8-5-9-13-32)40-20-14-33(24-43(40)52(45)30-48)46(54)49-59(56,57)38-18-19-38/h4,6-7,10-11,14,17,20-21,24,27,32,34-36,38,42H,5,8-9,12-13,15-16,18-19,22-23,25-26,28-30H2,1-3H3,(H,49,54). The maximum atomic E-state index is 15.7. The number of benzene rings is 3. The van der Waals surface area contributed by atoms with Crippen molar-refractivity contribution in [1.82, 2.24) is 24.0 Å². The van der Waals surface area contributed by atoms with Crippen molar-refractivity contribution < 1.29 is 22.7 Å². The van der Waals surface area contributed by atoms with Crippen LogP contribution in [0.5, 0.6) is 5.75 Å². The lowest BCUT2D eigenvalue weighted by atomic mass is 9.81. The van der Waals surface area contributed by atoms with E-state index in [2.05, 4.69) is 80.5 Å². The number of piperidine rings is 1. The van der Waals surface area contributed by atoms with E-state index >= 15 is 4.79 Å². The summed E-state index contributed by atoms with van der Waals surface area (Å²) in [5.41, 5.74) is 6.76. The SMILES string of the molecule is COc1ccc2c(c1)C1CC1(C(=O)N1C3CCC1CC(N(CCN(C)C)Cc1ccccc1)C3)Cn1c-2c(C2CCCCC2)c2ccc(C(=O)NS(=O)(=O)C3CC3)cc21. The number of methoxy groups -OCH3 is 1. The summed E-state index contributed by atoms with van der Waals surface area (Å²) in [7, 11) is 2.28. The van der Waals surface area contributed by atoms with Gasteiger partial charge in [-0.25, -0.2) is 13.1 Å². The zero-order chi connectivity index (χ0) is 40.6. The molecular weight excluding hydrogens is 759 g/mol. The highest BCUT2D eigenvalue weighted by Gasteiger charge is 2.65. The van der Waals surface area contributed by atoms with E-state index < -0.39 is 26.6 Å². The Kier molecular flexibility index (Phi) is 9.95. The predicted octanol–water partition coefficient (Wildman–Crippen LogP) is 7.66. The number of aromatic nitrogens is 1. The maximum absolute atomic E-state index is 15.7. The molecule has 0 radical (unpaired) electrons. The van der Waals surface area contributed by atoms with Crippen molar-refractivity contribution in [1.29, 1.82) is 0 Å². The third kappa shape index (κ3) is 6.98. The topological polar surface area (TPSA) is 104 Å². The van der Waals surface area contributed by atoms with Crippen LogP contribution in [0.4, 0.5) is 0 Å². The van der Waals surface area contributed by atoms with E-state index in [1.165, 1.54) is 36.0 Å². The molecular formula is C48H59N5O5S. The van der Waals surface area contributed by atoms with Gasteiger partial charge in [-0.05, 0) is 125 Å². The summed E-state index contributed by atoms with van der Waals surface area (Å²) in [6, 6.07) is 23.8. The molecule has 1 N–H and O–H groups in total. The zero-order valence-electron chi connectivity index (χ0n) is 34.9. The van der Waals surface area contributed by atoms with Gasteiger partial charge in [0.25, 0.3) is 5.91 Å². The van der Waals surface area contributed by atoms with Gasteiger partial charge in [0.15, 0.2) is 0 Å². The first-order valence-corrected chi connectivity index (χ1v) is 23.7. The van der Waals surface area contributed by atoms with Crippen LogP contribution in [0.2, 0.25) is 0 Å². The van der Waals surface area contributed by atoms with Gasteiger partial charge in [-0.1, -0.05) is 55.7 Å². The molecule has 4 aromatic rings. The molecule has 2 bridgehead atoms. The number of carbonyl (C=O) groups excluding carboxylic acids is 2. The third-order valence-electron chi connectivity index (χ3n) is 14.9. The van der Waals surface area contributed by atoms with Crippen LogP contribution in [0.3, 0.4) is 0 Å². The Balaban J connectivity index is 1.03. The average molecular weight is 818 g/mol. The Morgan fingerprint density at radius 1 is 0.881 bits per heavy atom. The lowest BCUT2D eigenvalue weighted by Crippen LogP contribution is -2.55. The van der Waals surface area contributed by atoms with Crippen LogP contribution in [-0.4, -0.2) is 97.2 Å². The summed E-state index contributed by atoms with van der Waals surface area (Å²) in [6.07, 6.45) is 11.8. The molecule has 0 spiro atoms. The molecule has 3 aliphatic carbocycles. The molecule has 3 saturated carbocycles. The van der Waals surface area contributed by atoms with Crippen molar-refractivity contribution in [2.75, 3.05) is 34.3 Å². The highest BCUT2D eigenvalue weighted by molar-refractivity contribution is 7.91. The van der Waals surface area contributed by atoms with E-state index in [1.54, 1.807) is 13.2 Å². The molecule has 3 aromatic carbocycles. The Morgan fingerprint density at radius 2 is 1.63 bits per heavy atom. The van der Waals surface area contributed by atoms with Gasteiger partial charge in [0, 0.05) is 72.3 Å². The van der Waals surface area contributed by atoms with E-state index in [-0.39, 0.29) is 23.9 Å². The molecule has 3 aliphatic heterocycles. The smallest absolute Gasteiger partial charge is 0.264 e. The van der Waals surface area contributed by atoms with Crippen LogP contribution in [0, 0.1) is 5.41 Å². The fourth-order valence-corrected chi connectivity index (χ4v) is 12.9. The molecule has 312 valence electrons. The van der Waals surface area contributed by atoms with Gasteiger partial charge in [0.05, 0.1) is 23.5 Å². The first kappa shape index (κ1) is 39.0. The highest BCUT2D eigenvalue weighted by atomic mass is 32.2. The number of amides is 2. The summed E-state index contributed by atoms with van der Waals surface area (Å²) in [4.78, 5) is 36.6. The molecule has 6 aliphatic rings. The number of ether oxygens (including phenoxy) is 1. The fourth-order valence-electron chi connectivity index (χ4n) is 11.6. The first-order chi connectivity index (χ1) is 28.5. The Labute approximate surface area is 349 Å². The number of nitrogens with one attached hydrogen (secondary N) is 1. The predicted molar refractivity (Wildman–Crippen MR) is 231 cm³/mol. The second-order valence-electron chi connectivity index (χ2n) is 18.9. The quantitative estimate of drug-likeness (QED) is 0.157. The Hall–Kier alpha value is -4.19. The van der Waals surface area contributed by atoms with E-state index in [4.69, 9.17) is 4.74 Å². The summed E-state index contributed by atoms with van der Waals surface area (Å²) < 4.78 is 36.4. The minimum Gasteiger partial charge on any atom is -0.497 e. The van der Waals surface area contributed by atoms with Crippen molar-refractivity contribution in [3.63, 3.8) is 0 Å². The number of rotatable bonds is 12. The second kappa shape index (κ2) is 15.1. The van der Waals surface area contributed by atoms with Crippen LogP contribution in [0.15, 0.2) is 66.7 Å². The van der Waals surface area contributed by atoms with Crippen LogP contribution < -0.4 is 9.46 Å². The lowest BCUT2D eigenvalue weighted by molar-refractivity contribution is -0.143. The zero-order valence-corrected chi connectivity index (χ0v) is 35.7. The average Bonchev–Trinajstić information content (AvgIpc) is 4.17. The summed E-state index contributed by atoms with van der Waals surface area (Å²) >= 11 is 0. The number of hydrogen-bond acceptors (Lipinski definition) is 7. The number of nitrogens with zero attached hydrogens (tertiary/aromatic N) is 4. The van der Waals surface area contributed by atoms with Gasteiger partial charge in [-0.2, -0.15) is 0 Å². The molecule has 4 unspecified atom stereocenters. The Bertz CT molecular complexity index is 2370. The Morgan fingerprint density at radius 3 is 2.32 bits per heavy atom. The van der Waals surface area contributed by atoms with Crippen molar-refractivity contribution >= 4 is 32.7 Å². The molecule has 59 heavy (non-hydrogen) atoms. The van der Waals surface area contributed by atoms with Gasteiger partial charge in [-0.15, -0.1) is 0 Å². The highest BCUT2D eigenvalue weighted by Crippen LogP contribution is 2.67. The monoisotopic (exact) mass is 817 g/mol. The molecule has 2 amide bonds. The molecule has 10 rings (SSSR count). The number of hydrogen-bond donors (Lipinski definition) is 1. The van der Waals surface area contributed by atoms with Gasteiger partial charge in [0.2, 0.25) is 15.9 Å². The normalized spacial score (nSPS) is 26.4. The van der Waals surface area contributed by atoms with Crippen molar-refractivity contribution in [3.05, 3.63) is 89.0 Å². The van der Waals surface area contributed by atoms with Crippen molar-refractivity contribution in [2.24, 2.45) is 5.41 Å². The number of fused-ring (bicyclic) bond motifs is 9. The summed E-state index contributed by atoms with van der Waals surface area (Å²) in [5, 5.41) is 0.614. The van der Waals surface area contributed by atoms with Crippen LogP contribution >= 0.6 is 0 Å². The van der Waals surface area contributed by atoms with Gasteiger partial charge >= 0.3 is 0 Å². The van der Waals surface area contributed by atoms with Crippen molar-refractivity contribution in [3.8, 4) is 17.0 Å². The van der Waals surface area contributed by atoms with Crippen LogP contribution in [0.25, 0.3) is 22.2 Å². The van der Waals surface area contributed by atoms with E-state index in [1.807, 2.05) is 18.2 Å². The molecule has 4 atom stereocenters. The van der Waals surface area contributed by atoms with Crippen LogP contribution in [-0.2, 0) is 27.9 Å². The lowest BCUT2D eigenvalue weighted by Gasteiger charge is -2.45. The fraction of sp³-hybridized carbons (Fsp3) is 0.542. The van der Waals surface area contributed by atoms with Gasteiger partial charge < -0.3 is 19.1 Å². The maximum Gasteiger partial charge on any atom is 0.264 e. The molecule has 5 fully saturated rings. The molecule has 10 nitrogen and oxygen atoms in total. The first-order valence-electron chi connectivity index (χ1n) is 22.2. The van der Waals surface area contributed by atoms with E-state index in [0.29, 0.717) is 36.9 Å². The summed E-state index contributed by atoms with van der Waals surface area (Å²) in [6.45, 7) is 3.42. The largest absolute Gasteiger partial charge is 0.497 e. The third-order valence-corrected chi connectivity index (χ3v) is 16.7. The minimum absolute atomic E-state index is 0.0521. The van der Waals surface area contributed by atoms with E-state index in [0.717, 1.165) is 92.5 Å². The van der Waals surface area contributed by atoms with Crippen molar-refractivity contribution in [2.45, 2.75) is 125 Å². The molecule has 4 heterocycles. The molecule has 11 heteroatoms. The number of carbonyl (C=O) groups is 2. The summed E-state index contributed by atoms with van der Waals surface area (Å²) in [5.74, 6) is 0.900. The number of sulfonamides is 1. The second-order valence-corrected chi connectivity index (χ2v) is 20.9.